The van der Waals surface area contributed by atoms with Gasteiger partial charge in [0.05, 0.1) is 12.2 Å². The van der Waals surface area contributed by atoms with E-state index in [0.29, 0.717) is 12.0 Å². The van der Waals surface area contributed by atoms with Crippen LogP contribution in [0.5, 0.6) is 0 Å². The average molecular weight is 142 g/mol. The van der Waals surface area contributed by atoms with Crippen molar-refractivity contribution < 1.29 is 9.84 Å². The first kappa shape index (κ1) is 6.62. The van der Waals surface area contributed by atoms with Crippen molar-refractivity contribution in [2.75, 3.05) is 6.61 Å². The summed E-state index contributed by atoms with van der Waals surface area (Å²) >= 11 is 0. The molecule has 0 aromatic carbocycles. The molecule has 2 rings (SSSR count). The molecule has 0 aromatic heterocycles. The van der Waals surface area contributed by atoms with Gasteiger partial charge in [-0.1, -0.05) is 0 Å². The second-order valence-electron chi connectivity index (χ2n) is 3.36. The molecule has 1 saturated heterocycles. The lowest BCUT2D eigenvalue weighted by Crippen LogP contribution is -2.32. The van der Waals surface area contributed by atoms with Gasteiger partial charge in [0.25, 0.3) is 0 Å². The maximum atomic E-state index is 9.50. The van der Waals surface area contributed by atoms with E-state index >= 15 is 0 Å². The van der Waals surface area contributed by atoms with Crippen molar-refractivity contribution in [2.45, 2.75) is 37.9 Å². The lowest BCUT2D eigenvalue weighted by Gasteiger charge is -2.28. The van der Waals surface area contributed by atoms with Crippen LogP contribution in [0.15, 0.2) is 0 Å². The van der Waals surface area contributed by atoms with Crippen molar-refractivity contribution in [3.05, 3.63) is 0 Å². The van der Waals surface area contributed by atoms with Gasteiger partial charge < -0.3 is 9.84 Å². The van der Waals surface area contributed by atoms with E-state index in [1.807, 2.05) is 0 Å². The number of aliphatic hydroxyl groups excluding tert-OH is 1. The Bertz CT molecular complexity index is 124. The molecule has 1 saturated carbocycles. The summed E-state index contributed by atoms with van der Waals surface area (Å²) in [6, 6.07) is 0. The Balaban J connectivity index is 2.03. The molecule has 0 spiro atoms. The molecule has 0 bridgehead atoms. The Hall–Kier alpha value is -0.0800. The third kappa shape index (κ3) is 0.956. The average Bonchev–Trinajstić information content (AvgIpc) is 2.36. The van der Waals surface area contributed by atoms with Gasteiger partial charge in [-0.15, -0.1) is 0 Å². The van der Waals surface area contributed by atoms with Gasteiger partial charge in [0, 0.05) is 12.5 Å². The van der Waals surface area contributed by atoms with E-state index in [9.17, 15) is 5.11 Å². The van der Waals surface area contributed by atoms with Crippen LogP contribution in [-0.4, -0.2) is 23.9 Å². The fraction of sp³-hybridized carbons (Fsp3) is 1.00. The summed E-state index contributed by atoms with van der Waals surface area (Å²) in [6.45, 7) is 0.867. The van der Waals surface area contributed by atoms with Crippen LogP contribution in [0.25, 0.3) is 0 Å². The highest BCUT2D eigenvalue weighted by Crippen LogP contribution is 2.33. The van der Waals surface area contributed by atoms with E-state index in [1.165, 1.54) is 6.42 Å². The second kappa shape index (κ2) is 2.51. The molecule has 0 amide bonds. The summed E-state index contributed by atoms with van der Waals surface area (Å²) in [4.78, 5) is 0. The van der Waals surface area contributed by atoms with Gasteiger partial charge in [-0.3, -0.25) is 0 Å². The summed E-state index contributed by atoms with van der Waals surface area (Å²) < 4.78 is 5.47. The minimum Gasteiger partial charge on any atom is -0.393 e. The number of rotatable bonds is 0. The van der Waals surface area contributed by atoms with E-state index < -0.39 is 0 Å². The van der Waals surface area contributed by atoms with E-state index in [2.05, 4.69) is 0 Å². The molecule has 1 unspecified atom stereocenters. The molecule has 2 fully saturated rings. The first-order valence-electron chi connectivity index (χ1n) is 4.17. The van der Waals surface area contributed by atoms with Crippen LogP contribution in [0.2, 0.25) is 0 Å². The molecular formula is C8H14O2. The van der Waals surface area contributed by atoms with Gasteiger partial charge in [-0.05, 0) is 25.7 Å². The van der Waals surface area contributed by atoms with Gasteiger partial charge in [0.2, 0.25) is 0 Å². The van der Waals surface area contributed by atoms with Crippen molar-refractivity contribution >= 4 is 0 Å². The van der Waals surface area contributed by atoms with Gasteiger partial charge in [0.15, 0.2) is 0 Å². The Morgan fingerprint density at radius 2 is 2.10 bits per heavy atom. The summed E-state index contributed by atoms with van der Waals surface area (Å²) in [5, 5.41) is 9.50. The number of hydrogen-bond acceptors (Lipinski definition) is 2. The molecule has 0 radical (unpaired) electrons. The molecule has 1 N–H and O–H groups in total. The normalized spacial score (nSPS) is 47.1. The molecule has 1 heterocycles. The van der Waals surface area contributed by atoms with Crippen LogP contribution >= 0.6 is 0 Å². The highest BCUT2D eigenvalue weighted by molar-refractivity contribution is 4.86. The molecule has 3 atom stereocenters. The summed E-state index contributed by atoms with van der Waals surface area (Å²) in [6.07, 6.45) is 4.70. The van der Waals surface area contributed by atoms with Gasteiger partial charge in [0.1, 0.15) is 0 Å². The first-order chi connectivity index (χ1) is 4.88. The van der Waals surface area contributed by atoms with Crippen molar-refractivity contribution in [1.82, 2.24) is 0 Å². The van der Waals surface area contributed by atoms with E-state index in [0.717, 1.165) is 25.9 Å². The predicted octanol–water partition coefficient (Wildman–Crippen LogP) is 0.936. The standard InChI is InChI=1S/C8H14O2/c9-7-2-1-3-8-6(7)4-5-10-8/h6-9H,1-5H2/t6-,7?,8+/m1/s1. The van der Waals surface area contributed by atoms with Crippen LogP contribution in [0.3, 0.4) is 0 Å². The van der Waals surface area contributed by atoms with Crippen LogP contribution in [0, 0.1) is 5.92 Å². The topological polar surface area (TPSA) is 29.5 Å². The van der Waals surface area contributed by atoms with Crippen molar-refractivity contribution in [3.63, 3.8) is 0 Å². The van der Waals surface area contributed by atoms with E-state index in [-0.39, 0.29) is 6.10 Å². The lowest BCUT2D eigenvalue weighted by atomic mass is 9.84. The fourth-order valence-corrected chi connectivity index (χ4v) is 2.14. The quantitative estimate of drug-likeness (QED) is 0.545. The van der Waals surface area contributed by atoms with Crippen molar-refractivity contribution in [2.24, 2.45) is 5.92 Å². The molecule has 0 aromatic rings. The minimum absolute atomic E-state index is 0.0683. The van der Waals surface area contributed by atoms with E-state index in [4.69, 9.17) is 4.74 Å². The molecule has 2 heteroatoms. The molecular weight excluding hydrogens is 128 g/mol. The number of aliphatic hydroxyl groups is 1. The number of fused-ring (bicyclic) bond motifs is 1. The zero-order valence-corrected chi connectivity index (χ0v) is 6.12. The van der Waals surface area contributed by atoms with Gasteiger partial charge >= 0.3 is 0 Å². The lowest BCUT2D eigenvalue weighted by molar-refractivity contribution is -0.00209. The number of hydrogen-bond donors (Lipinski definition) is 1. The minimum atomic E-state index is -0.0683. The Morgan fingerprint density at radius 3 is 2.90 bits per heavy atom. The molecule has 1 aliphatic heterocycles. The summed E-state index contributed by atoms with van der Waals surface area (Å²) in [5.74, 6) is 0.466. The first-order valence-corrected chi connectivity index (χ1v) is 4.17. The molecule has 58 valence electrons. The highest BCUT2D eigenvalue weighted by atomic mass is 16.5. The third-order valence-corrected chi connectivity index (χ3v) is 2.74. The Morgan fingerprint density at radius 1 is 1.20 bits per heavy atom. The summed E-state index contributed by atoms with van der Waals surface area (Å²) in [5.41, 5.74) is 0. The largest absolute Gasteiger partial charge is 0.393 e. The maximum absolute atomic E-state index is 9.50. The van der Waals surface area contributed by atoms with Crippen LogP contribution in [0.1, 0.15) is 25.7 Å². The molecule has 2 aliphatic rings. The zero-order chi connectivity index (χ0) is 6.97. The van der Waals surface area contributed by atoms with Crippen molar-refractivity contribution in [1.29, 1.82) is 0 Å². The monoisotopic (exact) mass is 142 g/mol. The summed E-state index contributed by atoms with van der Waals surface area (Å²) in [7, 11) is 0. The SMILES string of the molecule is OC1CCC[C@@H]2OCC[C@H]12. The second-order valence-corrected chi connectivity index (χ2v) is 3.36. The molecule has 1 aliphatic carbocycles. The maximum Gasteiger partial charge on any atom is 0.0628 e. The zero-order valence-electron chi connectivity index (χ0n) is 6.12. The van der Waals surface area contributed by atoms with Crippen LogP contribution in [-0.2, 0) is 4.74 Å². The molecule has 10 heavy (non-hydrogen) atoms. The predicted molar refractivity (Wildman–Crippen MR) is 37.7 cm³/mol. The Labute approximate surface area is 61.2 Å². The fourth-order valence-electron chi connectivity index (χ4n) is 2.14. The van der Waals surface area contributed by atoms with Gasteiger partial charge in [-0.25, -0.2) is 0 Å². The van der Waals surface area contributed by atoms with Gasteiger partial charge in [-0.2, -0.15) is 0 Å². The smallest absolute Gasteiger partial charge is 0.0628 e. The highest BCUT2D eigenvalue weighted by Gasteiger charge is 2.36. The van der Waals surface area contributed by atoms with Crippen molar-refractivity contribution in [3.8, 4) is 0 Å². The van der Waals surface area contributed by atoms with E-state index in [1.54, 1.807) is 0 Å². The Kier molecular flexibility index (Phi) is 1.66. The molecule has 2 nitrogen and oxygen atoms in total. The third-order valence-electron chi connectivity index (χ3n) is 2.74. The van der Waals surface area contributed by atoms with Crippen LogP contribution in [0.4, 0.5) is 0 Å². The van der Waals surface area contributed by atoms with Crippen LogP contribution < -0.4 is 0 Å². The number of ether oxygens (including phenoxy) is 1.